The number of ether oxygens (including phenoxy) is 2. The SMILES string of the molecule is CCOc1cc(CNCCc2ccc(F)cc2)ccc1OCc1ccc(Cl)cc1. The molecule has 152 valence electrons. The van der Waals surface area contributed by atoms with Crippen LogP contribution in [0.4, 0.5) is 4.39 Å². The molecule has 0 amide bonds. The van der Waals surface area contributed by atoms with Gasteiger partial charge in [0.1, 0.15) is 12.4 Å². The number of hydrogen-bond donors (Lipinski definition) is 1. The lowest BCUT2D eigenvalue weighted by Gasteiger charge is -2.14. The van der Waals surface area contributed by atoms with Crippen LogP contribution in [0.25, 0.3) is 0 Å². The molecular weight excluding hydrogens is 389 g/mol. The molecule has 0 aliphatic carbocycles. The monoisotopic (exact) mass is 413 g/mol. The minimum absolute atomic E-state index is 0.205. The van der Waals surface area contributed by atoms with E-state index in [9.17, 15) is 4.39 Å². The van der Waals surface area contributed by atoms with Crippen LogP contribution in [0.2, 0.25) is 5.02 Å². The van der Waals surface area contributed by atoms with Gasteiger partial charge in [0.2, 0.25) is 0 Å². The zero-order valence-electron chi connectivity index (χ0n) is 16.5. The zero-order valence-corrected chi connectivity index (χ0v) is 17.2. The van der Waals surface area contributed by atoms with Crippen molar-refractivity contribution in [1.29, 1.82) is 0 Å². The summed E-state index contributed by atoms with van der Waals surface area (Å²) in [5.74, 6) is 1.25. The lowest BCUT2D eigenvalue weighted by atomic mass is 10.1. The highest BCUT2D eigenvalue weighted by Gasteiger charge is 2.07. The lowest BCUT2D eigenvalue weighted by Crippen LogP contribution is -2.16. The van der Waals surface area contributed by atoms with E-state index >= 15 is 0 Å². The topological polar surface area (TPSA) is 30.5 Å². The summed E-state index contributed by atoms with van der Waals surface area (Å²) in [6.07, 6.45) is 0.848. The highest BCUT2D eigenvalue weighted by molar-refractivity contribution is 6.30. The number of nitrogens with one attached hydrogen (secondary N) is 1. The van der Waals surface area contributed by atoms with Crippen molar-refractivity contribution in [3.63, 3.8) is 0 Å². The summed E-state index contributed by atoms with van der Waals surface area (Å²) in [6.45, 7) is 4.50. The van der Waals surface area contributed by atoms with Gasteiger partial charge in [-0.25, -0.2) is 4.39 Å². The van der Waals surface area contributed by atoms with Crippen molar-refractivity contribution >= 4 is 11.6 Å². The summed E-state index contributed by atoms with van der Waals surface area (Å²) >= 11 is 5.92. The molecule has 5 heteroatoms. The molecule has 0 spiro atoms. The van der Waals surface area contributed by atoms with E-state index in [-0.39, 0.29) is 5.82 Å². The Hall–Kier alpha value is -2.56. The van der Waals surface area contributed by atoms with Crippen LogP contribution < -0.4 is 14.8 Å². The first-order chi connectivity index (χ1) is 14.1. The zero-order chi connectivity index (χ0) is 20.5. The van der Waals surface area contributed by atoms with Crippen molar-refractivity contribution in [2.45, 2.75) is 26.5 Å². The molecule has 0 radical (unpaired) electrons. The Kier molecular flexibility index (Phi) is 7.91. The van der Waals surface area contributed by atoms with Gasteiger partial charge in [0.15, 0.2) is 11.5 Å². The molecule has 0 bridgehead atoms. The molecule has 3 aromatic rings. The first-order valence-corrected chi connectivity index (χ1v) is 10.1. The summed E-state index contributed by atoms with van der Waals surface area (Å²) in [5.41, 5.74) is 3.27. The maximum Gasteiger partial charge on any atom is 0.161 e. The quantitative estimate of drug-likeness (QED) is 0.427. The van der Waals surface area contributed by atoms with Crippen LogP contribution in [0, 0.1) is 5.82 Å². The molecule has 1 N–H and O–H groups in total. The van der Waals surface area contributed by atoms with E-state index < -0.39 is 0 Å². The average molecular weight is 414 g/mol. The van der Waals surface area contributed by atoms with Gasteiger partial charge in [-0.2, -0.15) is 0 Å². The van der Waals surface area contributed by atoms with Gasteiger partial charge < -0.3 is 14.8 Å². The van der Waals surface area contributed by atoms with Crippen molar-refractivity contribution in [1.82, 2.24) is 5.32 Å². The van der Waals surface area contributed by atoms with Crippen LogP contribution >= 0.6 is 11.6 Å². The number of benzene rings is 3. The first kappa shape index (κ1) is 21.2. The van der Waals surface area contributed by atoms with Crippen molar-refractivity contribution in [2.75, 3.05) is 13.2 Å². The Morgan fingerprint density at radius 3 is 2.24 bits per heavy atom. The van der Waals surface area contributed by atoms with Gasteiger partial charge in [-0.05, 0) is 73.0 Å². The summed E-state index contributed by atoms with van der Waals surface area (Å²) in [5, 5.41) is 4.12. The van der Waals surface area contributed by atoms with Crippen LogP contribution in [0.3, 0.4) is 0 Å². The van der Waals surface area contributed by atoms with Gasteiger partial charge in [0.25, 0.3) is 0 Å². The van der Waals surface area contributed by atoms with Gasteiger partial charge in [-0.15, -0.1) is 0 Å². The maximum atomic E-state index is 13.0. The summed E-state index contributed by atoms with van der Waals surface area (Å²) in [6, 6.07) is 20.2. The Labute approximate surface area is 176 Å². The molecule has 0 aliphatic rings. The van der Waals surface area contributed by atoms with Crippen LogP contribution in [0.1, 0.15) is 23.6 Å². The van der Waals surface area contributed by atoms with E-state index in [1.807, 2.05) is 61.5 Å². The summed E-state index contributed by atoms with van der Waals surface area (Å²) in [4.78, 5) is 0. The third-order valence-corrected chi connectivity index (χ3v) is 4.70. The highest BCUT2D eigenvalue weighted by atomic mass is 35.5. The molecule has 0 unspecified atom stereocenters. The largest absolute Gasteiger partial charge is 0.490 e. The summed E-state index contributed by atoms with van der Waals surface area (Å²) < 4.78 is 24.7. The van der Waals surface area contributed by atoms with Gasteiger partial charge in [-0.1, -0.05) is 41.9 Å². The first-order valence-electron chi connectivity index (χ1n) is 9.72. The van der Waals surface area contributed by atoms with Gasteiger partial charge in [0, 0.05) is 11.6 Å². The van der Waals surface area contributed by atoms with Gasteiger partial charge in [-0.3, -0.25) is 0 Å². The van der Waals surface area contributed by atoms with Gasteiger partial charge in [0.05, 0.1) is 6.61 Å². The van der Waals surface area contributed by atoms with E-state index in [1.54, 1.807) is 0 Å². The Balaban J connectivity index is 1.53. The molecule has 0 atom stereocenters. The molecule has 3 aromatic carbocycles. The normalized spacial score (nSPS) is 10.7. The molecule has 0 fully saturated rings. The van der Waals surface area contributed by atoms with E-state index in [1.165, 1.54) is 12.1 Å². The van der Waals surface area contributed by atoms with E-state index in [0.717, 1.165) is 47.7 Å². The minimum atomic E-state index is -0.205. The number of hydrogen-bond acceptors (Lipinski definition) is 3. The fourth-order valence-corrected chi connectivity index (χ4v) is 3.03. The van der Waals surface area contributed by atoms with Crippen molar-refractivity contribution in [3.05, 3.63) is 94.3 Å². The molecule has 29 heavy (non-hydrogen) atoms. The molecule has 0 saturated carbocycles. The Bertz CT molecular complexity index is 898. The predicted molar refractivity (Wildman–Crippen MR) is 115 cm³/mol. The summed E-state index contributed by atoms with van der Waals surface area (Å²) in [7, 11) is 0. The molecule has 0 heterocycles. The van der Waals surface area contributed by atoms with Gasteiger partial charge >= 0.3 is 0 Å². The predicted octanol–water partition coefficient (Wildman–Crippen LogP) is 5.79. The van der Waals surface area contributed by atoms with Crippen LogP contribution in [0.5, 0.6) is 11.5 Å². The van der Waals surface area contributed by atoms with E-state index in [2.05, 4.69) is 5.32 Å². The Morgan fingerprint density at radius 2 is 1.52 bits per heavy atom. The molecule has 0 aliphatic heterocycles. The van der Waals surface area contributed by atoms with Crippen molar-refractivity contribution < 1.29 is 13.9 Å². The molecule has 0 aromatic heterocycles. The minimum Gasteiger partial charge on any atom is -0.490 e. The maximum absolute atomic E-state index is 13.0. The van der Waals surface area contributed by atoms with Crippen LogP contribution in [0.15, 0.2) is 66.7 Å². The molecular formula is C24H25ClFNO2. The number of rotatable bonds is 10. The Morgan fingerprint density at radius 1 is 0.828 bits per heavy atom. The fraction of sp³-hybridized carbons (Fsp3) is 0.250. The third-order valence-electron chi connectivity index (χ3n) is 4.45. The third kappa shape index (κ3) is 6.77. The average Bonchev–Trinajstić information content (AvgIpc) is 2.73. The smallest absolute Gasteiger partial charge is 0.161 e. The molecule has 3 rings (SSSR count). The van der Waals surface area contributed by atoms with Crippen molar-refractivity contribution in [2.24, 2.45) is 0 Å². The second-order valence-electron chi connectivity index (χ2n) is 6.68. The van der Waals surface area contributed by atoms with Crippen LogP contribution in [-0.2, 0) is 19.6 Å². The second-order valence-corrected chi connectivity index (χ2v) is 7.12. The fourth-order valence-electron chi connectivity index (χ4n) is 2.91. The highest BCUT2D eigenvalue weighted by Crippen LogP contribution is 2.29. The molecule has 3 nitrogen and oxygen atoms in total. The standard InChI is InChI=1S/C24H25ClFNO2/c1-2-28-24-15-20(16-27-14-13-18-5-10-22(26)11-6-18)7-12-23(24)29-17-19-3-8-21(25)9-4-19/h3-12,15,27H,2,13-14,16-17H2,1H3. The second kappa shape index (κ2) is 10.8. The van der Waals surface area contributed by atoms with Crippen molar-refractivity contribution in [3.8, 4) is 11.5 Å². The lowest BCUT2D eigenvalue weighted by molar-refractivity contribution is 0.269. The molecule has 0 saturated heterocycles. The van der Waals surface area contributed by atoms with Crippen LogP contribution in [-0.4, -0.2) is 13.2 Å². The van der Waals surface area contributed by atoms with E-state index in [0.29, 0.717) is 18.2 Å². The number of halogens is 2. The van der Waals surface area contributed by atoms with E-state index in [4.69, 9.17) is 21.1 Å².